The third kappa shape index (κ3) is 6.02. The quantitative estimate of drug-likeness (QED) is 0.613. The summed E-state index contributed by atoms with van der Waals surface area (Å²) in [5.41, 5.74) is -1.32. The Morgan fingerprint density at radius 1 is 0.943 bits per heavy atom. The zero-order valence-corrected chi connectivity index (χ0v) is 20.9. The molecule has 35 heavy (non-hydrogen) atoms. The number of nitrogens with zero attached hydrogens (tertiary/aromatic N) is 2. The van der Waals surface area contributed by atoms with Crippen LogP contribution in [0, 0.1) is 0 Å². The third-order valence-electron chi connectivity index (χ3n) is 5.59. The van der Waals surface area contributed by atoms with Gasteiger partial charge in [0, 0.05) is 31.4 Å². The van der Waals surface area contributed by atoms with Crippen LogP contribution in [0.4, 0.5) is 18.9 Å². The number of para-hydroxylation sites is 1. The Balaban J connectivity index is 1.76. The Kier molecular flexibility index (Phi) is 7.65. The molecule has 0 bridgehead atoms. The lowest BCUT2D eigenvalue weighted by atomic mass is 10.1. The molecule has 0 spiro atoms. The number of carbonyl (C=O) groups excluding carboxylic acids is 1. The van der Waals surface area contributed by atoms with Gasteiger partial charge >= 0.3 is 6.18 Å². The third-order valence-corrected chi connectivity index (χ3v) is 9.06. The molecule has 13 heteroatoms. The lowest BCUT2D eigenvalue weighted by molar-refractivity contribution is -0.137. The van der Waals surface area contributed by atoms with Gasteiger partial charge in [-0.25, -0.2) is 16.8 Å². The molecule has 1 N–H and O–H groups in total. The Labute approximate surface area is 202 Å². The standard InChI is InChI=1S/C22H26F3N3O5S2/c1-15-12-27(14-21(29)26-18-9-5-4-8-17(18)22(23,24)25)13-16(2)28(15)35(32,33)20-11-7-6-10-19(20)34(3,30)31/h4-11,15-16H,12-14H2,1-3H3,(H,26,29). The first-order valence-corrected chi connectivity index (χ1v) is 14.0. The molecule has 0 aromatic heterocycles. The first kappa shape index (κ1) is 27.1. The molecular weight excluding hydrogens is 507 g/mol. The van der Waals surface area contributed by atoms with Gasteiger partial charge < -0.3 is 5.32 Å². The maximum atomic E-state index is 13.4. The smallest absolute Gasteiger partial charge is 0.324 e. The van der Waals surface area contributed by atoms with Crippen LogP contribution in [0.5, 0.6) is 0 Å². The summed E-state index contributed by atoms with van der Waals surface area (Å²) >= 11 is 0. The van der Waals surface area contributed by atoms with Crippen LogP contribution in [0.2, 0.25) is 0 Å². The molecular formula is C22H26F3N3O5S2. The minimum absolute atomic E-state index is 0.124. The fraction of sp³-hybridized carbons (Fsp3) is 0.409. The predicted octanol–water partition coefficient (Wildman–Crippen LogP) is 2.83. The Hall–Kier alpha value is -2.48. The number of sulfone groups is 1. The molecule has 1 saturated heterocycles. The molecule has 8 nitrogen and oxygen atoms in total. The number of piperazine rings is 1. The molecule has 0 saturated carbocycles. The van der Waals surface area contributed by atoms with E-state index in [0.29, 0.717) is 0 Å². The van der Waals surface area contributed by atoms with Crippen LogP contribution >= 0.6 is 0 Å². The molecule has 1 aliphatic rings. The molecule has 1 amide bonds. The van der Waals surface area contributed by atoms with Gasteiger partial charge in [-0.05, 0) is 38.1 Å². The number of rotatable bonds is 6. The Bertz CT molecular complexity index is 1300. The molecule has 2 aromatic carbocycles. The van der Waals surface area contributed by atoms with Gasteiger partial charge in [-0.3, -0.25) is 9.69 Å². The molecule has 192 valence electrons. The van der Waals surface area contributed by atoms with E-state index in [1.54, 1.807) is 18.7 Å². The lowest BCUT2D eigenvalue weighted by Gasteiger charge is -2.43. The second-order valence-electron chi connectivity index (χ2n) is 8.54. The number of anilines is 1. The topological polar surface area (TPSA) is 104 Å². The first-order chi connectivity index (χ1) is 16.1. The van der Waals surface area contributed by atoms with E-state index in [1.807, 2.05) is 0 Å². The Morgan fingerprint density at radius 2 is 1.46 bits per heavy atom. The average Bonchev–Trinajstić information content (AvgIpc) is 2.72. The monoisotopic (exact) mass is 533 g/mol. The zero-order valence-electron chi connectivity index (χ0n) is 19.3. The number of benzene rings is 2. The van der Waals surface area contributed by atoms with Crippen LogP contribution in [0.3, 0.4) is 0 Å². The number of hydrogen-bond donors (Lipinski definition) is 1. The van der Waals surface area contributed by atoms with Gasteiger partial charge in [-0.2, -0.15) is 17.5 Å². The summed E-state index contributed by atoms with van der Waals surface area (Å²) in [6, 6.07) is 8.73. The largest absolute Gasteiger partial charge is 0.418 e. The fourth-order valence-electron chi connectivity index (χ4n) is 4.34. The van der Waals surface area contributed by atoms with Crippen molar-refractivity contribution in [2.75, 3.05) is 31.2 Å². The van der Waals surface area contributed by atoms with Crippen molar-refractivity contribution in [2.24, 2.45) is 0 Å². The number of nitrogens with one attached hydrogen (secondary N) is 1. The number of alkyl halides is 3. The highest BCUT2D eigenvalue weighted by molar-refractivity contribution is 7.93. The van der Waals surface area contributed by atoms with Crippen LogP contribution in [-0.4, -0.2) is 69.9 Å². The summed E-state index contributed by atoms with van der Waals surface area (Å²) in [6.07, 6.45) is -3.70. The van der Waals surface area contributed by atoms with Crippen LogP contribution < -0.4 is 5.32 Å². The van der Waals surface area contributed by atoms with Crippen molar-refractivity contribution in [1.82, 2.24) is 9.21 Å². The second-order valence-corrected chi connectivity index (χ2v) is 12.3. The zero-order chi connectivity index (χ0) is 26.2. The van der Waals surface area contributed by atoms with Gasteiger partial charge in [0.15, 0.2) is 9.84 Å². The molecule has 1 aliphatic heterocycles. The summed E-state index contributed by atoms with van der Waals surface area (Å²) in [4.78, 5) is 13.5. The highest BCUT2D eigenvalue weighted by Crippen LogP contribution is 2.34. The van der Waals surface area contributed by atoms with Crippen LogP contribution in [0.1, 0.15) is 19.4 Å². The minimum atomic E-state index is -4.63. The molecule has 2 atom stereocenters. The van der Waals surface area contributed by atoms with E-state index in [0.717, 1.165) is 18.4 Å². The van der Waals surface area contributed by atoms with E-state index < -0.39 is 49.6 Å². The second kappa shape index (κ2) is 9.88. The van der Waals surface area contributed by atoms with E-state index in [1.165, 1.54) is 40.7 Å². The molecule has 1 fully saturated rings. The van der Waals surface area contributed by atoms with Crippen molar-refractivity contribution in [3.8, 4) is 0 Å². The molecule has 2 unspecified atom stereocenters. The summed E-state index contributed by atoms with van der Waals surface area (Å²) in [5.74, 6) is -0.667. The molecule has 2 aromatic rings. The van der Waals surface area contributed by atoms with Crippen molar-refractivity contribution in [1.29, 1.82) is 0 Å². The van der Waals surface area contributed by atoms with E-state index >= 15 is 0 Å². The summed E-state index contributed by atoms with van der Waals surface area (Å²) in [6.45, 7) is 3.26. The maximum Gasteiger partial charge on any atom is 0.418 e. The molecule has 3 rings (SSSR count). The van der Waals surface area contributed by atoms with Crippen LogP contribution in [-0.2, 0) is 30.8 Å². The normalized spacial score (nSPS) is 20.5. The summed E-state index contributed by atoms with van der Waals surface area (Å²) in [5, 5.41) is 2.29. The predicted molar refractivity (Wildman–Crippen MR) is 124 cm³/mol. The number of halogens is 3. The van der Waals surface area contributed by atoms with Crippen molar-refractivity contribution < 1.29 is 34.8 Å². The number of carbonyl (C=O) groups is 1. The van der Waals surface area contributed by atoms with Gasteiger partial charge in [0.2, 0.25) is 15.9 Å². The number of amides is 1. The number of sulfonamides is 1. The van der Waals surface area contributed by atoms with Crippen molar-refractivity contribution >= 4 is 31.5 Å². The average molecular weight is 534 g/mol. The van der Waals surface area contributed by atoms with E-state index in [-0.39, 0.29) is 35.1 Å². The van der Waals surface area contributed by atoms with Gasteiger partial charge in [-0.1, -0.05) is 24.3 Å². The minimum Gasteiger partial charge on any atom is -0.324 e. The van der Waals surface area contributed by atoms with E-state index in [4.69, 9.17) is 0 Å². The SMILES string of the molecule is CC1CN(CC(=O)Nc2ccccc2C(F)(F)F)CC(C)N1S(=O)(=O)c1ccccc1S(C)(=O)=O. The van der Waals surface area contributed by atoms with Gasteiger partial charge in [0.1, 0.15) is 4.90 Å². The highest BCUT2D eigenvalue weighted by Gasteiger charge is 2.40. The maximum absolute atomic E-state index is 13.4. The first-order valence-electron chi connectivity index (χ1n) is 10.6. The van der Waals surface area contributed by atoms with Crippen LogP contribution in [0.25, 0.3) is 0 Å². The molecule has 1 heterocycles. The summed E-state index contributed by atoms with van der Waals surface area (Å²) in [7, 11) is -8.00. The van der Waals surface area contributed by atoms with Crippen molar-refractivity contribution in [2.45, 2.75) is 41.9 Å². The van der Waals surface area contributed by atoms with Crippen molar-refractivity contribution in [3.05, 3.63) is 54.1 Å². The Morgan fingerprint density at radius 3 is 2.00 bits per heavy atom. The van der Waals surface area contributed by atoms with Crippen LogP contribution in [0.15, 0.2) is 58.3 Å². The number of hydrogen-bond acceptors (Lipinski definition) is 6. The van der Waals surface area contributed by atoms with E-state index in [2.05, 4.69) is 5.32 Å². The lowest BCUT2D eigenvalue weighted by Crippen LogP contribution is -2.59. The molecule has 0 radical (unpaired) electrons. The highest BCUT2D eigenvalue weighted by atomic mass is 32.2. The summed E-state index contributed by atoms with van der Waals surface area (Å²) < 4.78 is 92.0. The van der Waals surface area contributed by atoms with Gasteiger partial charge in [0.25, 0.3) is 0 Å². The van der Waals surface area contributed by atoms with Gasteiger partial charge in [0.05, 0.1) is 22.7 Å². The van der Waals surface area contributed by atoms with E-state index in [9.17, 15) is 34.8 Å². The van der Waals surface area contributed by atoms with Crippen molar-refractivity contribution in [3.63, 3.8) is 0 Å². The fourth-order valence-corrected chi connectivity index (χ4v) is 7.75. The van der Waals surface area contributed by atoms with Gasteiger partial charge in [-0.15, -0.1) is 0 Å². The molecule has 0 aliphatic carbocycles.